The number of nitrogens with one attached hydrogen (secondary N) is 2. The highest BCUT2D eigenvalue weighted by atomic mass is 127. The Labute approximate surface area is 154 Å². The maximum Gasteiger partial charge on any atom is 0.191 e. The smallest absolute Gasteiger partial charge is 0.191 e. The zero-order valence-electron chi connectivity index (χ0n) is 13.6. The molecule has 0 aliphatic rings. The number of furan rings is 1. The lowest BCUT2D eigenvalue weighted by Crippen LogP contribution is -2.39. The largest absolute Gasteiger partial charge is 0.469 e. The van der Waals surface area contributed by atoms with Gasteiger partial charge < -0.3 is 15.1 Å². The molecule has 0 radical (unpaired) electrons. The summed E-state index contributed by atoms with van der Waals surface area (Å²) in [5.74, 6) is 1.86. The summed E-state index contributed by atoms with van der Waals surface area (Å²) in [4.78, 5) is 4.54. The molecule has 0 saturated carbocycles. The molecule has 0 bridgehead atoms. The molecule has 0 unspecified atom stereocenters. The van der Waals surface area contributed by atoms with E-state index in [-0.39, 0.29) is 24.0 Å². The van der Waals surface area contributed by atoms with Crippen LogP contribution >= 0.6 is 24.0 Å². The van der Waals surface area contributed by atoms with Gasteiger partial charge in [-0.1, -0.05) is 6.92 Å². The Morgan fingerprint density at radius 2 is 2.17 bits per heavy atom. The molecule has 2 N–H and O–H groups in total. The number of guanidine groups is 1. The molecular formula is C16H26IN5O. The second kappa shape index (κ2) is 12.0. The van der Waals surface area contributed by atoms with Crippen molar-refractivity contribution >= 4 is 29.9 Å². The van der Waals surface area contributed by atoms with E-state index in [4.69, 9.17) is 4.42 Å². The molecule has 0 saturated heterocycles. The maximum absolute atomic E-state index is 5.33. The molecule has 7 heteroatoms. The molecule has 2 rings (SSSR count). The van der Waals surface area contributed by atoms with E-state index in [0.29, 0.717) is 0 Å². The molecule has 0 fully saturated rings. The fourth-order valence-corrected chi connectivity index (χ4v) is 2.04. The molecule has 6 nitrogen and oxygen atoms in total. The van der Waals surface area contributed by atoms with Crippen molar-refractivity contribution in [3.05, 3.63) is 42.6 Å². The molecule has 0 aromatic carbocycles. The van der Waals surface area contributed by atoms with Gasteiger partial charge in [0, 0.05) is 45.0 Å². The third kappa shape index (κ3) is 8.06. The summed E-state index contributed by atoms with van der Waals surface area (Å²) in [6.07, 6.45) is 8.39. The van der Waals surface area contributed by atoms with E-state index in [9.17, 15) is 0 Å². The van der Waals surface area contributed by atoms with E-state index in [1.807, 2.05) is 29.1 Å². The van der Waals surface area contributed by atoms with Gasteiger partial charge >= 0.3 is 0 Å². The minimum Gasteiger partial charge on any atom is -0.469 e. The van der Waals surface area contributed by atoms with Gasteiger partial charge in [0.2, 0.25) is 0 Å². The van der Waals surface area contributed by atoms with Crippen molar-refractivity contribution in [1.82, 2.24) is 20.4 Å². The Bertz CT molecular complexity index is 525. The van der Waals surface area contributed by atoms with Gasteiger partial charge in [0.05, 0.1) is 6.26 Å². The molecule has 0 aliphatic carbocycles. The normalized spacial score (nSPS) is 11.1. The Hall–Kier alpha value is -1.51. The highest BCUT2D eigenvalue weighted by Gasteiger charge is 2.00. The standard InChI is InChI=1S/C16H25N5O.HI/c1-2-8-17-16(19-11-7-15-6-3-14-22-15)18-9-4-12-21-13-5-10-20-21;/h3,5-6,10,13-14H,2,4,7-9,11-12H2,1H3,(H2,17,18,19);1H. The summed E-state index contributed by atoms with van der Waals surface area (Å²) in [7, 11) is 0. The van der Waals surface area contributed by atoms with Crippen molar-refractivity contribution in [3.8, 4) is 0 Å². The minimum atomic E-state index is 0. The Morgan fingerprint density at radius 3 is 2.87 bits per heavy atom. The number of aromatic nitrogens is 2. The van der Waals surface area contributed by atoms with Gasteiger partial charge in [-0.3, -0.25) is 9.67 Å². The van der Waals surface area contributed by atoms with Crippen molar-refractivity contribution in [2.45, 2.75) is 32.7 Å². The van der Waals surface area contributed by atoms with Gasteiger partial charge in [0.25, 0.3) is 0 Å². The summed E-state index contributed by atoms with van der Waals surface area (Å²) >= 11 is 0. The number of hydrogen-bond donors (Lipinski definition) is 2. The van der Waals surface area contributed by atoms with Crippen molar-refractivity contribution in [2.24, 2.45) is 4.99 Å². The van der Waals surface area contributed by atoms with Gasteiger partial charge in [-0.15, -0.1) is 24.0 Å². The minimum absolute atomic E-state index is 0. The number of aliphatic imine (C=N–C) groups is 1. The molecule has 128 valence electrons. The van der Waals surface area contributed by atoms with Crippen LogP contribution in [0.25, 0.3) is 0 Å². The van der Waals surface area contributed by atoms with Gasteiger partial charge in [0.15, 0.2) is 5.96 Å². The van der Waals surface area contributed by atoms with Crippen molar-refractivity contribution in [2.75, 3.05) is 19.6 Å². The van der Waals surface area contributed by atoms with Crippen LogP contribution in [0.3, 0.4) is 0 Å². The molecule has 23 heavy (non-hydrogen) atoms. The van der Waals surface area contributed by atoms with Gasteiger partial charge in [-0.25, -0.2) is 0 Å². The van der Waals surface area contributed by atoms with Crippen molar-refractivity contribution in [1.29, 1.82) is 0 Å². The number of halogens is 1. The number of nitrogens with zero attached hydrogens (tertiary/aromatic N) is 3. The van der Waals surface area contributed by atoms with Crippen LogP contribution in [0.1, 0.15) is 25.5 Å². The number of hydrogen-bond acceptors (Lipinski definition) is 3. The zero-order valence-corrected chi connectivity index (χ0v) is 15.9. The highest BCUT2D eigenvalue weighted by molar-refractivity contribution is 14.0. The molecule has 2 heterocycles. The van der Waals surface area contributed by atoms with Gasteiger partial charge in [-0.05, 0) is 31.0 Å². The van der Waals surface area contributed by atoms with E-state index in [1.54, 1.807) is 12.5 Å². The van der Waals surface area contributed by atoms with Crippen LogP contribution in [0.15, 0.2) is 46.3 Å². The highest BCUT2D eigenvalue weighted by Crippen LogP contribution is 1.99. The van der Waals surface area contributed by atoms with Gasteiger partial charge in [-0.2, -0.15) is 5.10 Å². The van der Waals surface area contributed by atoms with E-state index in [1.165, 1.54) is 0 Å². The van der Waals surface area contributed by atoms with Crippen LogP contribution in [0, 0.1) is 0 Å². The second-order valence-corrected chi connectivity index (χ2v) is 5.04. The lowest BCUT2D eigenvalue weighted by Gasteiger charge is -2.12. The molecule has 0 atom stereocenters. The molecular weight excluding hydrogens is 405 g/mol. The topological polar surface area (TPSA) is 67.4 Å². The Morgan fingerprint density at radius 1 is 1.30 bits per heavy atom. The molecule has 0 aliphatic heterocycles. The van der Waals surface area contributed by atoms with Crippen molar-refractivity contribution < 1.29 is 4.42 Å². The Kier molecular flexibility index (Phi) is 10.2. The second-order valence-electron chi connectivity index (χ2n) is 5.04. The molecule has 2 aromatic rings. The first-order valence-corrected chi connectivity index (χ1v) is 7.90. The lowest BCUT2D eigenvalue weighted by atomic mass is 10.3. The van der Waals surface area contributed by atoms with Crippen molar-refractivity contribution in [3.63, 3.8) is 0 Å². The average molecular weight is 431 g/mol. The molecule has 2 aromatic heterocycles. The fraction of sp³-hybridized carbons (Fsp3) is 0.500. The third-order valence-corrected chi connectivity index (χ3v) is 3.15. The van der Waals surface area contributed by atoms with Crippen LogP contribution in [-0.2, 0) is 13.0 Å². The quantitative estimate of drug-likeness (QED) is 0.277. The summed E-state index contributed by atoms with van der Waals surface area (Å²) in [6, 6.07) is 5.84. The summed E-state index contributed by atoms with van der Waals surface area (Å²) in [6.45, 7) is 5.54. The first kappa shape index (κ1) is 19.5. The summed E-state index contributed by atoms with van der Waals surface area (Å²) < 4.78 is 7.27. The average Bonchev–Trinajstić information content (AvgIpc) is 3.21. The monoisotopic (exact) mass is 431 g/mol. The molecule has 0 spiro atoms. The van der Waals surface area contributed by atoms with E-state index in [2.05, 4.69) is 27.6 Å². The Balaban J connectivity index is 0.00000264. The van der Waals surface area contributed by atoms with Crippen LogP contribution in [-0.4, -0.2) is 35.4 Å². The van der Waals surface area contributed by atoms with E-state index < -0.39 is 0 Å². The SMILES string of the molecule is CCCN=C(NCCCn1cccn1)NCCc1ccco1.I. The van der Waals surface area contributed by atoms with E-state index >= 15 is 0 Å². The van der Waals surface area contributed by atoms with Crippen LogP contribution in [0.2, 0.25) is 0 Å². The van der Waals surface area contributed by atoms with Crippen LogP contribution in [0.5, 0.6) is 0 Å². The van der Waals surface area contributed by atoms with E-state index in [0.717, 1.165) is 57.2 Å². The van der Waals surface area contributed by atoms with Gasteiger partial charge in [0.1, 0.15) is 5.76 Å². The maximum atomic E-state index is 5.33. The fourth-order valence-electron chi connectivity index (χ4n) is 2.04. The predicted molar refractivity (Wildman–Crippen MR) is 103 cm³/mol. The molecule has 0 amide bonds. The summed E-state index contributed by atoms with van der Waals surface area (Å²) in [5, 5.41) is 10.9. The predicted octanol–water partition coefficient (Wildman–Crippen LogP) is 2.67. The number of rotatable bonds is 9. The van der Waals surface area contributed by atoms with Crippen LogP contribution in [0.4, 0.5) is 0 Å². The number of aryl methyl sites for hydroxylation is 1. The van der Waals surface area contributed by atoms with Crippen LogP contribution < -0.4 is 10.6 Å². The zero-order chi connectivity index (χ0) is 15.5. The first-order chi connectivity index (χ1) is 10.9. The summed E-state index contributed by atoms with van der Waals surface area (Å²) in [5.41, 5.74) is 0. The third-order valence-electron chi connectivity index (χ3n) is 3.15. The lowest BCUT2D eigenvalue weighted by molar-refractivity contribution is 0.506. The first-order valence-electron chi connectivity index (χ1n) is 7.90.